The van der Waals surface area contributed by atoms with Gasteiger partial charge in [0.05, 0.1) is 0 Å². The van der Waals surface area contributed by atoms with E-state index in [9.17, 15) is 4.79 Å². The summed E-state index contributed by atoms with van der Waals surface area (Å²) in [5.41, 5.74) is 6.91. The molecule has 19 heavy (non-hydrogen) atoms. The van der Waals surface area contributed by atoms with Crippen LogP contribution in [0.15, 0.2) is 23.1 Å². The van der Waals surface area contributed by atoms with Gasteiger partial charge in [-0.25, -0.2) is 0 Å². The highest BCUT2D eigenvalue weighted by Crippen LogP contribution is 2.36. The molecule has 0 radical (unpaired) electrons. The van der Waals surface area contributed by atoms with Gasteiger partial charge >= 0.3 is 0 Å². The summed E-state index contributed by atoms with van der Waals surface area (Å²) in [7, 11) is 0. The fourth-order valence-electron chi connectivity index (χ4n) is 3.02. The highest BCUT2D eigenvalue weighted by Gasteiger charge is 2.34. The van der Waals surface area contributed by atoms with E-state index in [0.29, 0.717) is 11.1 Å². The minimum atomic E-state index is 0.0330. The molecule has 2 heterocycles. The zero-order valence-corrected chi connectivity index (χ0v) is 12.1. The SMILES string of the molecule is CCC1(CC)CCN(CCn2cc(N)ccc2=O)C1. The molecule has 0 aromatic carbocycles. The van der Waals surface area contributed by atoms with E-state index in [2.05, 4.69) is 18.7 Å². The molecule has 1 aromatic rings. The van der Waals surface area contributed by atoms with Crippen molar-refractivity contribution >= 4 is 5.69 Å². The molecule has 1 aliphatic heterocycles. The van der Waals surface area contributed by atoms with Gasteiger partial charge in [-0.15, -0.1) is 0 Å². The van der Waals surface area contributed by atoms with Crippen molar-refractivity contribution in [3.63, 3.8) is 0 Å². The largest absolute Gasteiger partial charge is 0.398 e. The summed E-state index contributed by atoms with van der Waals surface area (Å²) in [6.07, 6.45) is 5.52. The van der Waals surface area contributed by atoms with Crippen LogP contribution in [0.2, 0.25) is 0 Å². The zero-order chi connectivity index (χ0) is 13.9. The molecule has 0 aliphatic carbocycles. The quantitative estimate of drug-likeness (QED) is 0.883. The number of anilines is 1. The van der Waals surface area contributed by atoms with Gasteiger partial charge in [0.1, 0.15) is 0 Å². The molecule has 1 saturated heterocycles. The van der Waals surface area contributed by atoms with Crippen LogP contribution in [0.1, 0.15) is 33.1 Å². The Morgan fingerprint density at radius 1 is 1.26 bits per heavy atom. The molecule has 4 nitrogen and oxygen atoms in total. The second-order valence-corrected chi connectivity index (χ2v) is 5.73. The maximum Gasteiger partial charge on any atom is 0.250 e. The molecular weight excluding hydrogens is 238 g/mol. The molecule has 0 saturated carbocycles. The lowest BCUT2D eigenvalue weighted by molar-refractivity contribution is 0.235. The fourth-order valence-corrected chi connectivity index (χ4v) is 3.02. The van der Waals surface area contributed by atoms with E-state index < -0.39 is 0 Å². The first-order chi connectivity index (χ1) is 9.08. The van der Waals surface area contributed by atoms with Gasteiger partial charge in [-0.1, -0.05) is 13.8 Å². The molecule has 0 unspecified atom stereocenters. The highest BCUT2D eigenvalue weighted by atomic mass is 16.1. The summed E-state index contributed by atoms with van der Waals surface area (Å²) in [5, 5.41) is 0. The van der Waals surface area contributed by atoms with E-state index in [1.807, 2.05) is 0 Å². The first-order valence-electron chi connectivity index (χ1n) is 7.27. The number of likely N-dealkylation sites (tertiary alicyclic amines) is 1. The van der Waals surface area contributed by atoms with Crippen molar-refractivity contribution in [3.05, 3.63) is 28.7 Å². The first kappa shape index (κ1) is 14.1. The number of aromatic nitrogens is 1. The maximum atomic E-state index is 11.7. The molecule has 0 bridgehead atoms. The van der Waals surface area contributed by atoms with Crippen molar-refractivity contribution in [2.45, 2.75) is 39.7 Å². The van der Waals surface area contributed by atoms with Crippen LogP contribution in [0.25, 0.3) is 0 Å². The van der Waals surface area contributed by atoms with Crippen molar-refractivity contribution in [2.75, 3.05) is 25.4 Å². The summed E-state index contributed by atoms with van der Waals surface area (Å²) in [5.74, 6) is 0. The molecule has 1 fully saturated rings. The fraction of sp³-hybridized carbons (Fsp3) is 0.667. The Hall–Kier alpha value is -1.29. The third kappa shape index (κ3) is 3.18. The molecule has 4 heteroatoms. The lowest BCUT2D eigenvalue weighted by Gasteiger charge is -2.26. The predicted molar refractivity (Wildman–Crippen MR) is 79.2 cm³/mol. The topological polar surface area (TPSA) is 51.3 Å². The zero-order valence-electron chi connectivity index (χ0n) is 12.1. The molecule has 2 rings (SSSR count). The van der Waals surface area contributed by atoms with Crippen LogP contribution in [0.3, 0.4) is 0 Å². The number of hydrogen-bond donors (Lipinski definition) is 1. The minimum absolute atomic E-state index is 0.0330. The standard InChI is InChI=1S/C15H25N3O/c1-3-15(4-2)7-8-17(12-15)9-10-18-11-13(16)5-6-14(18)19/h5-6,11H,3-4,7-10,12,16H2,1-2H3. The van der Waals surface area contributed by atoms with Gasteiger partial charge in [0, 0.05) is 37.6 Å². The normalized spacial score (nSPS) is 18.8. The Kier molecular flexibility index (Phi) is 4.30. The van der Waals surface area contributed by atoms with Gasteiger partial charge in [0.2, 0.25) is 0 Å². The molecule has 2 N–H and O–H groups in total. The van der Waals surface area contributed by atoms with Crippen molar-refractivity contribution in [2.24, 2.45) is 5.41 Å². The number of pyridine rings is 1. The molecule has 1 aromatic heterocycles. The Morgan fingerprint density at radius 2 is 2.00 bits per heavy atom. The van der Waals surface area contributed by atoms with E-state index in [0.717, 1.165) is 26.2 Å². The van der Waals surface area contributed by atoms with Crippen LogP contribution in [0.5, 0.6) is 0 Å². The van der Waals surface area contributed by atoms with Gasteiger partial charge in [-0.2, -0.15) is 0 Å². The predicted octanol–water partition coefficient (Wildman–Crippen LogP) is 1.94. The lowest BCUT2D eigenvalue weighted by atomic mass is 9.82. The highest BCUT2D eigenvalue weighted by molar-refractivity contribution is 5.33. The number of nitrogens with two attached hydrogens (primary N) is 1. The summed E-state index contributed by atoms with van der Waals surface area (Å²) in [6.45, 7) is 8.55. The van der Waals surface area contributed by atoms with E-state index in [1.54, 1.807) is 22.9 Å². The van der Waals surface area contributed by atoms with Gasteiger partial charge in [0.15, 0.2) is 0 Å². The van der Waals surface area contributed by atoms with Crippen LogP contribution in [0, 0.1) is 5.41 Å². The molecule has 0 atom stereocenters. The number of rotatable bonds is 5. The van der Waals surface area contributed by atoms with Gasteiger partial charge in [-0.05, 0) is 37.3 Å². The molecular formula is C15H25N3O. The summed E-state index contributed by atoms with van der Waals surface area (Å²) in [4.78, 5) is 14.2. The van der Waals surface area contributed by atoms with Crippen molar-refractivity contribution in [1.82, 2.24) is 9.47 Å². The van der Waals surface area contributed by atoms with E-state index in [1.165, 1.54) is 19.3 Å². The van der Waals surface area contributed by atoms with Crippen molar-refractivity contribution in [1.29, 1.82) is 0 Å². The Labute approximate surface area is 115 Å². The summed E-state index contributed by atoms with van der Waals surface area (Å²) >= 11 is 0. The average molecular weight is 263 g/mol. The second kappa shape index (κ2) is 5.78. The second-order valence-electron chi connectivity index (χ2n) is 5.73. The Balaban J connectivity index is 1.94. The molecule has 0 spiro atoms. The van der Waals surface area contributed by atoms with Gasteiger partial charge in [-0.3, -0.25) is 4.79 Å². The van der Waals surface area contributed by atoms with Crippen LogP contribution < -0.4 is 11.3 Å². The van der Waals surface area contributed by atoms with Gasteiger partial charge < -0.3 is 15.2 Å². The van der Waals surface area contributed by atoms with Crippen LogP contribution in [-0.4, -0.2) is 29.1 Å². The van der Waals surface area contributed by atoms with Crippen molar-refractivity contribution in [3.8, 4) is 0 Å². The monoisotopic (exact) mass is 263 g/mol. The number of nitrogen functional groups attached to an aromatic ring is 1. The van der Waals surface area contributed by atoms with Crippen LogP contribution >= 0.6 is 0 Å². The third-order valence-corrected chi connectivity index (χ3v) is 4.68. The average Bonchev–Trinajstić information content (AvgIpc) is 2.84. The maximum absolute atomic E-state index is 11.7. The van der Waals surface area contributed by atoms with Gasteiger partial charge in [0.25, 0.3) is 5.56 Å². The summed E-state index contributed by atoms with van der Waals surface area (Å²) < 4.78 is 1.72. The minimum Gasteiger partial charge on any atom is -0.398 e. The first-order valence-corrected chi connectivity index (χ1v) is 7.27. The van der Waals surface area contributed by atoms with E-state index in [4.69, 9.17) is 5.73 Å². The molecule has 0 amide bonds. The third-order valence-electron chi connectivity index (χ3n) is 4.68. The van der Waals surface area contributed by atoms with Crippen LogP contribution in [0.4, 0.5) is 5.69 Å². The molecule has 106 valence electrons. The van der Waals surface area contributed by atoms with Crippen molar-refractivity contribution < 1.29 is 0 Å². The Morgan fingerprint density at radius 3 is 2.63 bits per heavy atom. The molecule has 1 aliphatic rings. The van der Waals surface area contributed by atoms with Crippen LogP contribution in [-0.2, 0) is 6.54 Å². The van der Waals surface area contributed by atoms with E-state index in [-0.39, 0.29) is 5.56 Å². The van der Waals surface area contributed by atoms with E-state index >= 15 is 0 Å². The Bertz CT molecular complexity index is 477. The number of hydrogen-bond acceptors (Lipinski definition) is 3. The number of nitrogens with zero attached hydrogens (tertiary/aromatic N) is 2. The summed E-state index contributed by atoms with van der Waals surface area (Å²) in [6, 6.07) is 3.20. The lowest BCUT2D eigenvalue weighted by Crippen LogP contribution is -2.31. The smallest absolute Gasteiger partial charge is 0.250 e.